The predicted octanol–water partition coefficient (Wildman–Crippen LogP) is 1.97. The van der Waals surface area contributed by atoms with Crippen molar-refractivity contribution in [3.8, 4) is 0 Å². The van der Waals surface area contributed by atoms with Crippen molar-refractivity contribution in [3.05, 3.63) is 47.1 Å². The van der Waals surface area contributed by atoms with Crippen molar-refractivity contribution < 1.29 is 14.3 Å². The Hall–Kier alpha value is -3.69. The van der Waals surface area contributed by atoms with Gasteiger partial charge >= 0.3 is 6.09 Å². The lowest BCUT2D eigenvalue weighted by molar-refractivity contribution is -0.116. The molecule has 10 nitrogen and oxygen atoms in total. The number of amides is 2. The second-order valence-electron chi connectivity index (χ2n) is 6.93. The van der Waals surface area contributed by atoms with Gasteiger partial charge in [0.2, 0.25) is 5.91 Å². The quantitative estimate of drug-likeness (QED) is 0.655. The van der Waals surface area contributed by atoms with Crippen molar-refractivity contribution in [2.24, 2.45) is 13.0 Å². The van der Waals surface area contributed by atoms with Crippen molar-refractivity contribution in [2.45, 2.75) is 20.4 Å². The van der Waals surface area contributed by atoms with Gasteiger partial charge < -0.3 is 10.1 Å². The molecule has 3 rings (SSSR count). The van der Waals surface area contributed by atoms with E-state index in [0.717, 1.165) is 0 Å². The number of rotatable bonds is 6. The molecule has 29 heavy (non-hydrogen) atoms. The zero-order valence-electron chi connectivity index (χ0n) is 16.4. The number of hydrogen-bond donors (Lipinski definition) is 2. The highest BCUT2D eigenvalue weighted by atomic mass is 16.5. The van der Waals surface area contributed by atoms with E-state index in [1.54, 1.807) is 31.3 Å². The lowest BCUT2D eigenvalue weighted by Crippen LogP contribution is -2.27. The van der Waals surface area contributed by atoms with Crippen LogP contribution in [0.2, 0.25) is 0 Å². The zero-order valence-corrected chi connectivity index (χ0v) is 16.4. The summed E-state index contributed by atoms with van der Waals surface area (Å²) in [6.07, 6.45) is 2.17. The lowest BCUT2D eigenvalue weighted by Gasteiger charge is -2.11. The van der Waals surface area contributed by atoms with E-state index in [2.05, 4.69) is 20.7 Å². The third-order valence-electron chi connectivity index (χ3n) is 3.97. The van der Waals surface area contributed by atoms with Gasteiger partial charge in [0, 0.05) is 18.4 Å². The van der Waals surface area contributed by atoms with Crippen LogP contribution in [0.5, 0.6) is 0 Å². The molecule has 0 spiro atoms. The molecule has 2 amide bonds. The second kappa shape index (κ2) is 8.55. The Morgan fingerprint density at radius 1 is 1.21 bits per heavy atom. The fraction of sp³-hybridized carbons (Fsp3) is 0.316. The fourth-order valence-corrected chi connectivity index (χ4v) is 2.61. The number of fused-ring (bicyclic) bond motifs is 1. The van der Waals surface area contributed by atoms with E-state index in [1.807, 2.05) is 13.8 Å². The van der Waals surface area contributed by atoms with Gasteiger partial charge in [-0.1, -0.05) is 19.9 Å². The molecule has 0 fully saturated rings. The van der Waals surface area contributed by atoms with Crippen LogP contribution in [0.3, 0.4) is 0 Å². The minimum absolute atomic E-state index is 0.204. The van der Waals surface area contributed by atoms with Crippen LogP contribution in [0.25, 0.3) is 11.0 Å². The van der Waals surface area contributed by atoms with Crippen LogP contribution in [-0.4, -0.2) is 37.9 Å². The van der Waals surface area contributed by atoms with Gasteiger partial charge in [-0.3, -0.25) is 24.2 Å². The zero-order chi connectivity index (χ0) is 21.0. The van der Waals surface area contributed by atoms with E-state index in [4.69, 9.17) is 4.74 Å². The first-order valence-electron chi connectivity index (χ1n) is 9.04. The van der Waals surface area contributed by atoms with Crippen LogP contribution in [-0.2, 0) is 23.1 Å². The summed E-state index contributed by atoms with van der Waals surface area (Å²) >= 11 is 0. The third-order valence-corrected chi connectivity index (χ3v) is 3.97. The molecular formula is C19H22N6O4. The highest BCUT2D eigenvalue weighted by Crippen LogP contribution is 2.15. The molecule has 0 atom stereocenters. The number of nitrogens with zero attached hydrogens (tertiary/aromatic N) is 4. The van der Waals surface area contributed by atoms with Crippen molar-refractivity contribution in [1.29, 1.82) is 0 Å². The average molecular weight is 398 g/mol. The van der Waals surface area contributed by atoms with E-state index in [-0.39, 0.29) is 18.0 Å². The number of ether oxygens (including phenoxy) is 1. The first-order chi connectivity index (χ1) is 13.8. The Balaban J connectivity index is 1.64. The number of benzene rings is 1. The fourth-order valence-electron chi connectivity index (χ4n) is 2.61. The van der Waals surface area contributed by atoms with Crippen molar-refractivity contribution >= 4 is 34.4 Å². The van der Waals surface area contributed by atoms with E-state index in [1.165, 1.54) is 21.8 Å². The third kappa shape index (κ3) is 4.98. The summed E-state index contributed by atoms with van der Waals surface area (Å²) in [5.41, 5.74) is 1.06. The molecule has 10 heteroatoms. The molecule has 1 aromatic carbocycles. The molecule has 0 aliphatic heterocycles. The average Bonchev–Trinajstić information content (AvgIpc) is 3.04. The number of carbonyl (C=O) groups excluding carboxylic acids is 2. The minimum Gasteiger partial charge on any atom is -0.449 e. The van der Waals surface area contributed by atoms with Gasteiger partial charge in [0.1, 0.15) is 18.3 Å². The lowest BCUT2D eigenvalue weighted by atomic mass is 10.2. The first-order valence-corrected chi connectivity index (χ1v) is 9.04. The summed E-state index contributed by atoms with van der Waals surface area (Å²) in [4.78, 5) is 40.7. The molecule has 3 aromatic rings. The summed E-state index contributed by atoms with van der Waals surface area (Å²) in [5, 5.41) is 9.64. The Kier molecular flexibility index (Phi) is 5.91. The Morgan fingerprint density at radius 3 is 2.66 bits per heavy atom. The molecule has 0 unspecified atom stereocenters. The van der Waals surface area contributed by atoms with Gasteiger partial charge in [0.15, 0.2) is 5.65 Å². The molecule has 2 heterocycles. The number of carbonyl (C=O) groups is 2. The predicted molar refractivity (Wildman–Crippen MR) is 108 cm³/mol. The molecule has 0 aliphatic carbocycles. The standard InChI is InChI=1S/C19H22N6O4/c1-12(2)10-29-19(28)23-14-6-4-5-13(7-14)22-16(26)9-25-11-20-17-15(18(25)27)8-21-24(17)3/h4-8,11-12H,9-10H2,1-3H3,(H,22,26)(H,23,28). The largest absolute Gasteiger partial charge is 0.449 e. The molecule has 2 aromatic heterocycles. The van der Waals surface area contributed by atoms with Gasteiger partial charge in [-0.2, -0.15) is 5.10 Å². The normalized spacial score (nSPS) is 10.9. The monoisotopic (exact) mass is 398 g/mol. The van der Waals surface area contributed by atoms with Gasteiger partial charge in [-0.25, -0.2) is 9.78 Å². The van der Waals surface area contributed by atoms with Crippen LogP contribution >= 0.6 is 0 Å². The van der Waals surface area contributed by atoms with Gasteiger partial charge in [0.25, 0.3) is 5.56 Å². The molecule has 0 aliphatic rings. The maximum absolute atomic E-state index is 12.4. The maximum Gasteiger partial charge on any atom is 0.411 e. The Morgan fingerprint density at radius 2 is 1.93 bits per heavy atom. The summed E-state index contributed by atoms with van der Waals surface area (Å²) in [6, 6.07) is 6.63. The molecule has 2 N–H and O–H groups in total. The number of nitrogens with one attached hydrogen (secondary N) is 2. The molecule has 0 bridgehead atoms. The van der Waals surface area contributed by atoms with Crippen LogP contribution in [0.15, 0.2) is 41.6 Å². The SMILES string of the molecule is CC(C)COC(=O)Nc1cccc(NC(=O)Cn2cnc3c(cnn3C)c2=O)c1. The molecule has 0 radical (unpaired) electrons. The summed E-state index contributed by atoms with van der Waals surface area (Å²) in [7, 11) is 1.69. The topological polar surface area (TPSA) is 120 Å². The van der Waals surface area contributed by atoms with Gasteiger partial charge in [-0.15, -0.1) is 0 Å². The van der Waals surface area contributed by atoms with Gasteiger partial charge in [-0.05, 0) is 24.1 Å². The van der Waals surface area contributed by atoms with Crippen LogP contribution in [0.1, 0.15) is 13.8 Å². The molecule has 152 valence electrons. The van der Waals surface area contributed by atoms with Crippen LogP contribution in [0, 0.1) is 5.92 Å². The second-order valence-corrected chi connectivity index (χ2v) is 6.93. The maximum atomic E-state index is 12.4. The number of anilines is 2. The number of hydrogen-bond acceptors (Lipinski definition) is 6. The smallest absolute Gasteiger partial charge is 0.411 e. The summed E-state index contributed by atoms with van der Waals surface area (Å²) in [5.74, 6) is -0.174. The van der Waals surface area contributed by atoms with E-state index < -0.39 is 12.0 Å². The first kappa shape index (κ1) is 20.1. The van der Waals surface area contributed by atoms with Gasteiger partial charge in [0.05, 0.1) is 12.8 Å². The van der Waals surface area contributed by atoms with Crippen molar-refractivity contribution in [1.82, 2.24) is 19.3 Å². The van der Waals surface area contributed by atoms with Crippen molar-refractivity contribution in [2.75, 3.05) is 17.2 Å². The van der Waals surface area contributed by atoms with Crippen molar-refractivity contribution in [3.63, 3.8) is 0 Å². The Bertz CT molecular complexity index is 1100. The van der Waals surface area contributed by atoms with E-state index in [9.17, 15) is 14.4 Å². The molecule has 0 saturated carbocycles. The molecule has 0 saturated heterocycles. The number of aryl methyl sites for hydroxylation is 1. The summed E-state index contributed by atoms with van der Waals surface area (Å²) < 4.78 is 7.77. The highest BCUT2D eigenvalue weighted by molar-refractivity contribution is 5.92. The van der Waals surface area contributed by atoms with Crippen LogP contribution in [0.4, 0.5) is 16.2 Å². The Labute approximate surface area is 166 Å². The van der Waals surface area contributed by atoms with E-state index >= 15 is 0 Å². The minimum atomic E-state index is -0.565. The summed E-state index contributed by atoms with van der Waals surface area (Å²) in [6.45, 7) is 3.99. The van der Waals surface area contributed by atoms with E-state index in [0.29, 0.717) is 29.0 Å². The van der Waals surface area contributed by atoms with Crippen LogP contribution < -0.4 is 16.2 Å². The number of aromatic nitrogens is 4. The molecular weight excluding hydrogens is 376 g/mol. The highest BCUT2D eigenvalue weighted by Gasteiger charge is 2.11.